The molecular formula is C23H23ClN2O2. The molecule has 5 heteroatoms. The largest absolute Gasteiger partial charge is 0.496 e. The minimum atomic E-state index is -0.601. The van der Waals surface area contributed by atoms with Crippen LogP contribution in [0.25, 0.3) is 0 Å². The monoisotopic (exact) mass is 394 g/mol. The second-order valence-corrected chi connectivity index (χ2v) is 7.38. The van der Waals surface area contributed by atoms with Gasteiger partial charge in [-0.1, -0.05) is 60.1 Å². The van der Waals surface area contributed by atoms with Gasteiger partial charge < -0.3 is 15.2 Å². The van der Waals surface area contributed by atoms with E-state index in [0.717, 1.165) is 28.1 Å². The maximum absolute atomic E-state index is 10.2. The van der Waals surface area contributed by atoms with Crippen LogP contribution in [-0.2, 0) is 5.54 Å². The van der Waals surface area contributed by atoms with E-state index in [4.69, 9.17) is 16.3 Å². The smallest absolute Gasteiger partial charge is 0.124 e. The van der Waals surface area contributed by atoms with Crippen LogP contribution < -0.4 is 15.4 Å². The summed E-state index contributed by atoms with van der Waals surface area (Å²) in [6.45, 7) is 0.587. The van der Waals surface area contributed by atoms with Crippen molar-refractivity contribution in [2.75, 3.05) is 25.6 Å². The van der Waals surface area contributed by atoms with E-state index in [1.807, 2.05) is 66.7 Å². The third-order valence-electron chi connectivity index (χ3n) is 5.36. The summed E-state index contributed by atoms with van der Waals surface area (Å²) in [6.07, 6.45) is 0. The molecule has 1 unspecified atom stereocenters. The Labute approximate surface area is 170 Å². The first-order chi connectivity index (χ1) is 13.7. The Morgan fingerprint density at radius 3 is 2.57 bits per heavy atom. The third-order valence-corrected chi connectivity index (χ3v) is 5.59. The van der Waals surface area contributed by atoms with E-state index >= 15 is 0 Å². The average Bonchev–Trinajstić information content (AvgIpc) is 3.11. The summed E-state index contributed by atoms with van der Waals surface area (Å²) in [5, 5.41) is 18.1. The maximum atomic E-state index is 10.2. The van der Waals surface area contributed by atoms with Crippen LogP contribution in [0.3, 0.4) is 0 Å². The maximum Gasteiger partial charge on any atom is 0.124 e. The quantitative estimate of drug-likeness (QED) is 0.582. The first-order valence-corrected chi connectivity index (χ1v) is 9.66. The van der Waals surface area contributed by atoms with Gasteiger partial charge >= 0.3 is 0 Å². The van der Waals surface area contributed by atoms with E-state index < -0.39 is 5.54 Å². The van der Waals surface area contributed by atoms with Gasteiger partial charge in [-0.2, -0.15) is 0 Å². The summed E-state index contributed by atoms with van der Waals surface area (Å²) < 4.78 is 5.69. The number of methoxy groups -OCH3 is 1. The number of hydrogen-bond acceptors (Lipinski definition) is 4. The lowest BCUT2D eigenvalue weighted by Crippen LogP contribution is -2.48. The van der Waals surface area contributed by atoms with Gasteiger partial charge in [-0.15, -0.1) is 0 Å². The van der Waals surface area contributed by atoms with Gasteiger partial charge in [-0.05, 0) is 29.8 Å². The molecule has 3 aromatic carbocycles. The summed E-state index contributed by atoms with van der Waals surface area (Å²) in [4.78, 5) is 0. The highest BCUT2D eigenvalue weighted by atomic mass is 35.5. The predicted molar refractivity (Wildman–Crippen MR) is 113 cm³/mol. The molecule has 0 aromatic heterocycles. The van der Waals surface area contributed by atoms with E-state index in [1.54, 1.807) is 7.11 Å². The molecule has 0 saturated carbocycles. The fourth-order valence-electron chi connectivity index (χ4n) is 4.01. The molecule has 3 aromatic rings. The van der Waals surface area contributed by atoms with Crippen molar-refractivity contribution in [3.8, 4) is 5.75 Å². The molecule has 2 atom stereocenters. The Morgan fingerprint density at radius 1 is 1.07 bits per heavy atom. The molecule has 1 aliphatic heterocycles. The van der Waals surface area contributed by atoms with Crippen LogP contribution in [0, 0.1) is 0 Å². The number of ether oxygens (including phenoxy) is 1. The number of aliphatic hydroxyl groups excluding tert-OH is 1. The lowest BCUT2D eigenvalue weighted by Gasteiger charge is -2.36. The number of aliphatic hydroxyl groups is 1. The van der Waals surface area contributed by atoms with Crippen molar-refractivity contribution in [2.45, 2.75) is 11.6 Å². The molecule has 0 amide bonds. The van der Waals surface area contributed by atoms with E-state index in [0.29, 0.717) is 11.6 Å². The van der Waals surface area contributed by atoms with Crippen LogP contribution in [0.5, 0.6) is 5.75 Å². The van der Waals surface area contributed by atoms with Gasteiger partial charge in [-0.25, -0.2) is 0 Å². The summed E-state index contributed by atoms with van der Waals surface area (Å²) in [7, 11) is 1.68. The molecule has 0 bridgehead atoms. The predicted octanol–water partition coefficient (Wildman–Crippen LogP) is 4.34. The SMILES string of the molecule is COc1ccccc1C1(N[C@H](CO)c2ccccc2)CNc2ccc(Cl)cc21. The van der Waals surface area contributed by atoms with Gasteiger partial charge in [-0.3, -0.25) is 5.32 Å². The van der Waals surface area contributed by atoms with E-state index in [-0.39, 0.29) is 12.6 Å². The molecule has 0 spiro atoms. The molecule has 3 N–H and O–H groups in total. The van der Waals surface area contributed by atoms with Gasteiger partial charge in [0.1, 0.15) is 5.75 Å². The van der Waals surface area contributed by atoms with Crippen LogP contribution >= 0.6 is 11.6 Å². The highest BCUT2D eigenvalue weighted by Gasteiger charge is 2.44. The molecule has 28 heavy (non-hydrogen) atoms. The average molecular weight is 395 g/mol. The summed E-state index contributed by atoms with van der Waals surface area (Å²) in [5.74, 6) is 0.786. The molecule has 0 radical (unpaired) electrons. The van der Waals surface area contributed by atoms with E-state index in [2.05, 4.69) is 16.7 Å². The fraction of sp³-hybridized carbons (Fsp3) is 0.217. The van der Waals surface area contributed by atoms with Crippen molar-refractivity contribution in [1.29, 1.82) is 0 Å². The lowest BCUT2D eigenvalue weighted by atomic mass is 9.82. The number of benzene rings is 3. The molecule has 1 aliphatic rings. The van der Waals surface area contributed by atoms with Gasteiger partial charge in [0.05, 0.1) is 25.3 Å². The van der Waals surface area contributed by atoms with Gasteiger partial charge in [0.25, 0.3) is 0 Å². The highest BCUT2D eigenvalue weighted by Crippen LogP contribution is 2.45. The second kappa shape index (κ2) is 7.84. The second-order valence-electron chi connectivity index (χ2n) is 6.94. The normalized spacial score (nSPS) is 19.0. The first kappa shape index (κ1) is 18.8. The van der Waals surface area contributed by atoms with Crippen LogP contribution in [0.4, 0.5) is 5.69 Å². The summed E-state index contributed by atoms with van der Waals surface area (Å²) >= 11 is 6.36. The lowest BCUT2D eigenvalue weighted by molar-refractivity contribution is 0.216. The van der Waals surface area contributed by atoms with Gasteiger partial charge in [0.15, 0.2) is 0 Å². The molecule has 0 aliphatic carbocycles. The Balaban J connectivity index is 1.88. The Hall–Kier alpha value is -2.53. The van der Waals surface area contributed by atoms with Crippen molar-refractivity contribution in [1.82, 2.24) is 5.32 Å². The summed E-state index contributed by atoms with van der Waals surface area (Å²) in [5.41, 5.74) is 3.48. The number of para-hydroxylation sites is 1. The zero-order valence-corrected chi connectivity index (χ0v) is 16.4. The van der Waals surface area contributed by atoms with Crippen LogP contribution in [0.2, 0.25) is 5.02 Å². The molecule has 4 nitrogen and oxygen atoms in total. The summed E-state index contributed by atoms with van der Waals surface area (Å²) in [6, 6.07) is 23.5. The molecule has 144 valence electrons. The minimum Gasteiger partial charge on any atom is -0.496 e. The highest BCUT2D eigenvalue weighted by molar-refractivity contribution is 6.30. The first-order valence-electron chi connectivity index (χ1n) is 9.29. The van der Waals surface area contributed by atoms with E-state index in [1.165, 1.54) is 0 Å². The van der Waals surface area contributed by atoms with Gasteiger partial charge in [0.2, 0.25) is 0 Å². The molecule has 0 fully saturated rings. The Kier molecular flexibility index (Phi) is 5.27. The van der Waals surface area contributed by atoms with Crippen molar-refractivity contribution >= 4 is 17.3 Å². The Bertz CT molecular complexity index is 964. The van der Waals surface area contributed by atoms with Crippen molar-refractivity contribution < 1.29 is 9.84 Å². The molecule has 4 rings (SSSR count). The van der Waals surface area contributed by atoms with Crippen LogP contribution in [-0.4, -0.2) is 25.4 Å². The van der Waals surface area contributed by atoms with Crippen molar-refractivity contribution in [2.24, 2.45) is 0 Å². The fourth-order valence-corrected chi connectivity index (χ4v) is 4.18. The zero-order chi connectivity index (χ0) is 19.6. The molecule has 0 saturated heterocycles. The number of fused-ring (bicyclic) bond motifs is 1. The minimum absolute atomic E-state index is 0.0309. The van der Waals surface area contributed by atoms with Crippen LogP contribution in [0.15, 0.2) is 72.8 Å². The van der Waals surface area contributed by atoms with Gasteiger partial charge in [0, 0.05) is 28.4 Å². The number of anilines is 1. The third kappa shape index (κ3) is 3.24. The standard InChI is InChI=1S/C23H23ClN2O2/c1-28-22-10-6-5-9-18(22)23(15-25-20-12-11-17(24)13-19(20)23)26-21(14-27)16-7-3-2-4-8-16/h2-13,21,25-27H,14-15H2,1H3/t21-,23?/m1/s1. The molecule has 1 heterocycles. The Morgan fingerprint density at radius 2 is 1.82 bits per heavy atom. The molecular weight excluding hydrogens is 372 g/mol. The number of halogens is 1. The topological polar surface area (TPSA) is 53.5 Å². The number of nitrogens with one attached hydrogen (secondary N) is 2. The number of hydrogen-bond donors (Lipinski definition) is 3. The van der Waals surface area contributed by atoms with Crippen molar-refractivity contribution in [3.63, 3.8) is 0 Å². The van der Waals surface area contributed by atoms with Crippen LogP contribution in [0.1, 0.15) is 22.7 Å². The zero-order valence-electron chi connectivity index (χ0n) is 15.7. The van der Waals surface area contributed by atoms with E-state index in [9.17, 15) is 5.11 Å². The number of rotatable bonds is 6. The van der Waals surface area contributed by atoms with Crippen molar-refractivity contribution in [3.05, 3.63) is 94.5 Å².